The van der Waals surface area contributed by atoms with E-state index in [0.717, 1.165) is 31.2 Å². The van der Waals surface area contributed by atoms with Gasteiger partial charge in [-0.1, -0.05) is 37.0 Å². The van der Waals surface area contributed by atoms with Gasteiger partial charge in [-0.3, -0.25) is 4.79 Å². The number of benzene rings is 1. The summed E-state index contributed by atoms with van der Waals surface area (Å²) in [7, 11) is -2.55. The molecule has 2 aromatic rings. The van der Waals surface area contributed by atoms with Gasteiger partial charge in [0, 0.05) is 24.3 Å². The number of Topliss-reactive ketones (excluding diaryl/α,β-unsaturated/α-hetero) is 1. The van der Waals surface area contributed by atoms with Gasteiger partial charge < -0.3 is 9.30 Å². The first kappa shape index (κ1) is 26.2. The van der Waals surface area contributed by atoms with Crippen LogP contribution in [0, 0.1) is 26.7 Å². The average Bonchev–Trinajstić information content (AvgIpc) is 3.08. The number of carbonyl (C=O) groups excluding carboxylic acids is 2. The van der Waals surface area contributed by atoms with Crippen molar-refractivity contribution in [2.45, 2.75) is 71.2 Å². The molecule has 186 valence electrons. The van der Waals surface area contributed by atoms with E-state index in [1.807, 2.05) is 13.8 Å². The Morgan fingerprint density at radius 1 is 1.06 bits per heavy atom. The van der Waals surface area contributed by atoms with Crippen LogP contribution >= 0.6 is 0 Å². The molecule has 1 saturated carbocycles. The van der Waals surface area contributed by atoms with Crippen LogP contribution in [0.2, 0.25) is 0 Å². The van der Waals surface area contributed by atoms with E-state index in [1.165, 1.54) is 17.8 Å². The second-order valence-corrected chi connectivity index (χ2v) is 11.1. The second-order valence-electron chi connectivity index (χ2n) is 9.21. The Kier molecular flexibility index (Phi) is 8.36. The van der Waals surface area contributed by atoms with Crippen molar-refractivity contribution >= 4 is 21.8 Å². The first-order chi connectivity index (χ1) is 16.1. The topological polar surface area (TPSA) is 85.7 Å². The number of nitrogens with zero attached hydrogens (tertiary/aromatic N) is 2. The molecule has 0 aliphatic heterocycles. The van der Waals surface area contributed by atoms with Gasteiger partial charge in [0.25, 0.3) is 0 Å². The fraction of sp³-hybridized carbons (Fsp3) is 0.538. The quantitative estimate of drug-likeness (QED) is 0.378. The van der Waals surface area contributed by atoms with Crippen LogP contribution in [-0.2, 0) is 21.3 Å². The molecule has 1 heterocycles. The first-order valence-electron chi connectivity index (χ1n) is 12.0. The van der Waals surface area contributed by atoms with Gasteiger partial charge in [-0.05, 0) is 64.2 Å². The number of methoxy groups -OCH3 is 1. The summed E-state index contributed by atoms with van der Waals surface area (Å²) in [5.74, 6) is -0.582. The van der Waals surface area contributed by atoms with Gasteiger partial charge >= 0.3 is 5.97 Å². The third-order valence-electron chi connectivity index (χ3n) is 6.91. The lowest BCUT2D eigenvalue weighted by Crippen LogP contribution is -2.39. The Bertz CT molecular complexity index is 1140. The number of aryl methyl sites for hydroxylation is 1. The molecule has 3 rings (SSSR count). The minimum atomic E-state index is -3.86. The van der Waals surface area contributed by atoms with Gasteiger partial charge in [0.2, 0.25) is 10.0 Å². The van der Waals surface area contributed by atoms with Crippen LogP contribution in [0.1, 0.15) is 76.7 Å². The Morgan fingerprint density at radius 2 is 1.68 bits per heavy atom. The van der Waals surface area contributed by atoms with E-state index in [1.54, 1.807) is 42.7 Å². The maximum absolute atomic E-state index is 13.6. The SMILES string of the molecule is CCn1c(C)c(C(=O)CN(CC2CCCCC2)S(=O)(=O)c2ccc(C)cc2)c(C)c1C(=O)OC. The van der Waals surface area contributed by atoms with Crippen molar-refractivity contribution in [1.82, 2.24) is 8.87 Å². The zero-order valence-corrected chi connectivity index (χ0v) is 21.7. The molecular weight excluding hydrogens is 452 g/mol. The molecule has 1 fully saturated rings. The molecule has 34 heavy (non-hydrogen) atoms. The van der Waals surface area contributed by atoms with E-state index in [0.29, 0.717) is 35.6 Å². The molecule has 0 N–H and O–H groups in total. The summed E-state index contributed by atoms with van der Waals surface area (Å²) in [5.41, 5.74) is 2.88. The maximum atomic E-state index is 13.6. The number of carbonyl (C=O) groups is 2. The molecule has 1 aromatic carbocycles. The van der Waals surface area contributed by atoms with Crippen LogP contribution in [0.4, 0.5) is 0 Å². The summed E-state index contributed by atoms with van der Waals surface area (Å²) in [6.07, 6.45) is 5.25. The molecule has 1 aliphatic carbocycles. The lowest BCUT2D eigenvalue weighted by Gasteiger charge is -2.29. The number of hydrogen-bond donors (Lipinski definition) is 0. The van der Waals surface area contributed by atoms with Crippen molar-refractivity contribution in [2.75, 3.05) is 20.2 Å². The van der Waals surface area contributed by atoms with Gasteiger partial charge in [-0.25, -0.2) is 13.2 Å². The van der Waals surface area contributed by atoms with Gasteiger partial charge in [-0.2, -0.15) is 4.31 Å². The highest BCUT2D eigenvalue weighted by atomic mass is 32.2. The zero-order valence-electron chi connectivity index (χ0n) is 20.9. The normalized spacial score (nSPS) is 15.0. The molecule has 0 radical (unpaired) electrons. The third-order valence-corrected chi connectivity index (χ3v) is 8.73. The number of esters is 1. The molecule has 0 unspecified atom stereocenters. The van der Waals surface area contributed by atoms with E-state index in [4.69, 9.17) is 4.74 Å². The zero-order chi connectivity index (χ0) is 25.0. The highest BCUT2D eigenvalue weighted by Crippen LogP contribution is 2.29. The van der Waals surface area contributed by atoms with Crippen molar-refractivity contribution in [2.24, 2.45) is 5.92 Å². The predicted octanol–water partition coefficient (Wildman–Crippen LogP) is 4.67. The summed E-state index contributed by atoms with van der Waals surface area (Å²) >= 11 is 0. The van der Waals surface area contributed by atoms with E-state index >= 15 is 0 Å². The summed E-state index contributed by atoms with van der Waals surface area (Å²) < 4.78 is 35.3. The van der Waals surface area contributed by atoms with Crippen molar-refractivity contribution < 1.29 is 22.7 Å². The highest BCUT2D eigenvalue weighted by Gasteiger charge is 2.33. The Morgan fingerprint density at radius 3 is 2.24 bits per heavy atom. The summed E-state index contributed by atoms with van der Waals surface area (Å²) in [4.78, 5) is 26.2. The molecule has 0 spiro atoms. The van der Waals surface area contributed by atoms with E-state index in [-0.39, 0.29) is 23.1 Å². The van der Waals surface area contributed by atoms with Crippen LogP contribution in [0.5, 0.6) is 0 Å². The number of ketones is 1. The Labute approximate surface area is 203 Å². The van der Waals surface area contributed by atoms with Gasteiger partial charge in [-0.15, -0.1) is 0 Å². The molecule has 0 amide bonds. The standard InChI is InChI=1S/C26H36N2O5S/c1-6-28-20(4)24(19(3)25(28)26(30)33-5)23(29)17-27(16-21-10-8-7-9-11-21)34(31,32)22-14-12-18(2)13-15-22/h12-15,21H,6-11,16-17H2,1-5H3. The lowest BCUT2D eigenvalue weighted by molar-refractivity contribution is 0.0587. The van der Waals surface area contributed by atoms with Gasteiger partial charge in [0.05, 0.1) is 18.6 Å². The Balaban J connectivity index is 1.99. The minimum Gasteiger partial charge on any atom is -0.464 e. The van der Waals surface area contributed by atoms with E-state index in [2.05, 4.69) is 0 Å². The molecule has 8 heteroatoms. The summed E-state index contributed by atoms with van der Waals surface area (Å²) in [5, 5.41) is 0. The van der Waals surface area contributed by atoms with Crippen molar-refractivity contribution in [3.8, 4) is 0 Å². The van der Waals surface area contributed by atoms with Crippen molar-refractivity contribution in [3.63, 3.8) is 0 Å². The summed E-state index contributed by atoms with van der Waals surface area (Å²) in [6.45, 7) is 7.86. The largest absolute Gasteiger partial charge is 0.464 e. The lowest BCUT2D eigenvalue weighted by atomic mass is 9.89. The summed E-state index contributed by atoms with van der Waals surface area (Å²) in [6, 6.07) is 6.74. The Hall–Kier alpha value is -2.45. The number of aromatic nitrogens is 1. The minimum absolute atomic E-state index is 0.191. The van der Waals surface area contributed by atoms with E-state index < -0.39 is 16.0 Å². The second kappa shape index (κ2) is 10.9. The van der Waals surface area contributed by atoms with Crippen LogP contribution in [0.15, 0.2) is 29.2 Å². The fourth-order valence-electron chi connectivity index (χ4n) is 5.06. The van der Waals surface area contributed by atoms with E-state index in [9.17, 15) is 18.0 Å². The van der Waals surface area contributed by atoms with Gasteiger partial charge in [0.15, 0.2) is 5.78 Å². The third kappa shape index (κ3) is 5.28. The highest BCUT2D eigenvalue weighted by molar-refractivity contribution is 7.89. The average molecular weight is 489 g/mol. The molecule has 1 aromatic heterocycles. The first-order valence-corrected chi connectivity index (χ1v) is 13.4. The number of rotatable bonds is 9. The van der Waals surface area contributed by atoms with Crippen LogP contribution in [0.3, 0.4) is 0 Å². The smallest absolute Gasteiger partial charge is 0.354 e. The van der Waals surface area contributed by atoms with Crippen molar-refractivity contribution in [1.29, 1.82) is 0 Å². The molecule has 7 nitrogen and oxygen atoms in total. The molecule has 0 atom stereocenters. The molecule has 0 bridgehead atoms. The predicted molar refractivity (Wildman–Crippen MR) is 132 cm³/mol. The van der Waals surface area contributed by atoms with Crippen LogP contribution in [0.25, 0.3) is 0 Å². The number of sulfonamides is 1. The fourth-order valence-corrected chi connectivity index (χ4v) is 6.54. The van der Waals surface area contributed by atoms with Crippen LogP contribution in [-0.4, -0.2) is 49.2 Å². The monoisotopic (exact) mass is 488 g/mol. The molecular formula is C26H36N2O5S. The molecule has 0 saturated heterocycles. The van der Waals surface area contributed by atoms with Gasteiger partial charge in [0.1, 0.15) is 5.69 Å². The van der Waals surface area contributed by atoms with Crippen molar-refractivity contribution in [3.05, 3.63) is 52.3 Å². The molecule has 1 aliphatic rings. The van der Waals surface area contributed by atoms with Crippen LogP contribution < -0.4 is 0 Å². The maximum Gasteiger partial charge on any atom is 0.354 e. The number of ether oxygens (including phenoxy) is 1. The number of hydrogen-bond acceptors (Lipinski definition) is 5.